The van der Waals surface area contributed by atoms with Crippen LogP contribution in [0.5, 0.6) is 0 Å². The van der Waals surface area contributed by atoms with Crippen LogP contribution in [0.2, 0.25) is 0 Å². The quantitative estimate of drug-likeness (QED) is 0.370. The molecule has 0 aromatic rings. The minimum atomic E-state index is 1.00. The Balaban J connectivity index is 2.86. The van der Waals surface area contributed by atoms with E-state index in [1.54, 1.807) is 0 Å². The zero-order valence-electron chi connectivity index (χ0n) is 7.63. The summed E-state index contributed by atoms with van der Waals surface area (Å²) in [5.74, 6) is 0. The first-order valence-corrected chi connectivity index (χ1v) is 6.82. The van der Waals surface area contributed by atoms with Gasteiger partial charge in [-0.1, -0.05) is 46.9 Å². The number of hydrogen-bond donors (Lipinski definition) is 0. The molecule has 1 heterocycles. The van der Waals surface area contributed by atoms with Crippen molar-refractivity contribution in [1.82, 2.24) is 4.90 Å². The van der Waals surface area contributed by atoms with E-state index >= 15 is 0 Å². The highest BCUT2D eigenvalue weighted by Gasteiger charge is 2.06. The molecule has 1 nitrogen and oxygen atoms in total. The fraction of sp³-hybridized carbons (Fsp3) is 0.400. The van der Waals surface area contributed by atoms with Crippen LogP contribution in [-0.4, -0.2) is 22.9 Å². The van der Waals surface area contributed by atoms with Crippen molar-refractivity contribution in [3.63, 3.8) is 0 Å². The van der Waals surface area contributed by atoms with Crippen LogP contribution in [0.25, 0.3) is 0 Å². The van der Waals surface area contributed by atoms with Crippen molar-refractivity contribution in [2.45, 2.75) is 6.42 Å². The molecule has 0 atom stereocenters. The number of alkyl halides is 1. The molecule has 0 spiro atoms. The Morgan fingerprint density at radius 3 is 2.77 bits per heavy atom. The first kappa shape index (κ1) is 11.6. The van der Waals surface area contributed by atoms with Gasteiger partial charge in [0.1, 0.15) is 0 Å². The summed E-state index contributed by atoms with van der Waals surface area (Å²) in [6.07, 6.45) is 9.75. The topological polar surface area (TPSA) is 3.24 Å². The van der Waals surface area contributed by atoms with Gasteiger partial charge in [0.15, 0.2) is 0 Å². The first-order chi connectivity index (χ1) is 6.25. The third kappa shape index (κ3) is 3.61. The van der Waals surface area contributed by atoms with E-state index in [2.05, 4.69) is 81.4 Å². The summed E-state index contributed by atoms with van der Waals surface area (Å²) in [7, 11) is 2.14. The molecule has 13 heavy (non-hydrogen) atoms. The first-order valence-electron chi connectivity index (χ1n) is 4.22. The predicted molar refractivity (Wildman–Crippen MR) is 75.5 cm³/mol. The Labute approximate surface area is 107 Å². The lowest BCUT2D eigenvalue weighted by molar-refractivity contribution is 0.499. The molecule has 72 valence electrons. The van der Waals surface area contributed by atoms with Crippen LogP contribution in [0.1, 0.15) is 6.42 Å². The van der Waals surface area contributed by atoms with Gasteiger partial charge in [0, 0.05) is 18.0 Å². The molecule has 0 aromatic carbocycles. The Kier molecular flexibility index (Phi) is 5.38. The molecular formula is C10H13I2N. The second-order valence-corrected chi connectivity index (χ2v) is 4.75. The van der Waals surface area contributed by atoms with Crippen LogP contribution in [0.3, 0.4) is 0 Å². The lowest BCUT2D eigenvalue weighted by Crippen LogP contribution is -2.15. The fourth-order valence-electron chi connectivity index (χ4n) is 1.13. The summed E-state index contributed by atoms with van der Waals surface area (Å²) in [5.41, 5.74) is 1.52. The number of halogens is 2. The fourth-order valence-corrected chi connectivity index (χ4v) is 3.14. The monoisotopic (exact) mass is 401 g/mol. The molecule has 0 aromatic heterocycles. The molecule has 0 saturated heterocycles. The highest BCUT2D eigenvalue weighted by molar-refractivity contribution is 14.1. The summed E-state index contributed by atoms with van der Waals surface area (Å²) in [5, 5.41) is 0. The van der Waals surface area contributed by atoms with Crippen molar-refractivity contribution in [3.8, 4) is 0 Å². The van der Waals surface area contributed by atoms with Gasteiger partial charge in [0.05, 0.1) is 3.70 Å². The van der Waals surface area contributed by atoms with Crippen molar-refractivity contribution < 1.29 is 0 Å². The van der Waals surface area contributed by atoms with Crippen LogP contribution < -0.4 is 0 Å². The van der Waals surface area contributed by atoms with Crippen LogP contribution in [0, 0.1) is 0 Å². The molecule has 0 radical (unpaired) electrons. The van der Waals surface area contributed by atoms with E-state index in [1.807, 2.05) is 0 Å². The Bertz CT molecular complexity index is 254. The van der Waals surface area contributed by atoms with Gasteiger partial charge < -0.3 is 4.90 Å². The van der Waals surface area contributed by atoms with Gasteiger partial charge in [0.25, 0.3) is 0 Å². The van der Waals surface area contributed by atoms with E-state index in [1.165, 1.54) is 9.28 Å². The third-order valence-electron chi connectivity index (χ3n) is 1.91. The van der Waals surface area contributed by atoms with Crippen molar-refractivity contribution in [2.24, 2.45) is 0 Å². The van der Waals surface area contributed by atoms with Crippen molar-refractivity contribution in [3.05, 3.63) is 33.6 Å². The molecular weight excluding hydrogens is 388 g/mol. The van der Waals surface area contributed by atoms with Gasteiger partial charge >= 0.3 is 0 Å². The maximum Gasteiger partial charge on any atom is 0.0760 e. The van der Waals surface area contributed by atoms with Crippen molar-refractivity contribution in [2.75, 3.05) is 18.0 Å². The summed E-state index contributed by atoms with van der Waals surface area (Å²) < 4.78 is 2.51. The zero-order valence-corrected chi connectivity index (χ0v) is 11.9. The molecule has 1 aliphatic heterocycles. The normalized spacial score (nSPS) is 23.5. The summed E-state index contributed by atoms with van der Waals surface area (Å²) in [4.78, 5) is 2.29. The van der Waals surface area contributed by atoms with Gasteiger partial charge in [-0.25, -0.2) is 0 Å². The molecule has 0 amide bonds. The van der Waals surface area contributed by atoms with Crippen LogP contribution >= 0.6 is 45.2 Å². The molecule has 0 bridgehead atoms. The van der Waals surface area contributed by atoms with Gasteiger partial charge in [-0.15, -0.1) is 0 Å². The van der Waals surface area contributed by atoms with Crippen LogP contribution in [0.15, 0.2) is 33.6 Å². The average Bonchev–Trinajstić information content (AvgIpc) is 2.21. The summed E-state index contributed by atoms with van der Waals surface area (Å²) >= 11 is 4.87. The highest BCUT2D eigenvalue weighted by Crippen LogP contribution is 2.22. The van der Waals surface area contributed by atoms with E-state index in [9.17, 15) is 0 Å². The number of rotatable bonds is 1. The van der Waals surface area contributed by atoms with E-state index in [0.29, 0.717) is 0 Å². The second-order valence-electron chi connectivity index (χ2n) is 2.97. The van der Waals surface area contributed by atoms with Gasteiger partial charge in [-0.05, 0) is 34.6 Å². The molecule has 0 N–H and O–H groups in total. The van der Waals surface area contributed by atoms with Gasteiger partial charge in [-0.2, -0.15) is 0 Å². The number of hydrogen-bond acceptors (Lipinski definition) is 1. The minimum Gasteiger partial charge on any atom is -0.366 e. The predicted octanol–water partition coefficient (Wildman–Crippen LogP) is 3.52. The Hall–Kier alpha value is 0.480. The van der Waals surface area contributed by atoms with E-state index < -0.39 is 0 Å². The largest absolute Gasteiger partial charge is 0.366 e. The molecule has 3 heteroatoms. The van der Waals surface area contributed by atoms with Gasteiger partial charge in [0.2, 0.25) is 0 Å². The highest BCUT2D eigenvalue weighted by atomic mass is 127. The van der Waals surface area contributed by atoms with Gasteiger partial charge in [-0.3, -0.25) is 0 Å². The number of allylic oxidation sites excluding steroid dienone is 4. The third-order valence-corrected chi connectivity index (χ3v) is 4.42. The molecule has 0 saturated carbocycles. The Morgan fingerprint density at radius 1 is 1.38 bits per heavy atom. The average molecular weight is 401 g/mol. The second kappa shape index (κ2) is 6.06. The maximum absolute atomic E-state index is 2.44. The maximum atomic E-state index is 2.44. The van der Waals surface area contributed by atoms with E-state index in [-0.39, 0.29) is 0 Å². The SMILES string of the molecule is CN1C/C=C\C=C/CC(CI)=C1I. The minimum absolute atomic E-state index is 1.00. The van der Waals surface area contributed by atoms with Crippen molar-refractivity contribution >= 4 is 45.2 Å². The number of nitrogens with zero attached hydrogens (tertiary/aromatic N) is 1. The molecule has 0 fully saturated rings. The molecule has 0 aliphatic carbocycles. The lowest BCUT2D eigenvalue weighted by atomic mass is 10.2. The molecule has 1 aliphatic rings. The lowest BCUT2D eigenvalue weighted by Gasteiger charge is -2.18. The van der Waals surface area contributed by atoms with Crippen molar-refractivity contribution in [1.29, 1.82) is 0 Å². The molecule has 0 unspecified atom stereocenters. The Morgan fingerprint density at radius 2 is 2.08 bits per heavy atom. The number of likely N-dealkylation sites (N-methyl/N-ethyl adjacent to an activating group) is 1. The van der Waals surface area contributed by atoms with Crippen LogP contribution in [-0.2, 0) is 0 Å². The zero-order chi connectivity index (χ0) is 9.68. The molecule has 1 rings (SSSR count). The standard InChI is InChI=1S/C10H13I2N/c1-13-7-5-3-2-4-6-9(8-11)10(13)12/h2-5H,6-8H2,1H3/b4-2-,5-3-,10-9?. The van der Waals surface area contributed by atoms with Crippen LogP contribution in [0.4, 0.5) is 0 Å². The van der Waals surface area contributed by atoms with E-state index in [4.69, 9.17) is 0 Å². The van der Waals surface area contributed by atoms with E-state index in [0.717, 1.165) is 17.4 Å². The smallest absolute Gasteiger partial charge is 0.0760 e. The summed E-state index contributed by atoms with van der Waals surface area (Å²) in [6, 6.07) is 0. The summed E-state index contributed by atoms with van der Waals surface area (Å²) in [6.45, 7) is 1.00.